The van der Waals surface area contributed by atoms with Crippen LogP contribution in [0.1, 0.15) is 53.4 Å². The van der Waals surface area contributed by atoms with Crippen molar-refractivity contribution in [3.8, 4) is 0 Å². The Morgan fingerprint density at radius 1 is 1.12 bits per heavy atom. The van der Waals surface area contributed by atoms with Gasteiger partial charge in [0.2, 0.25) is 5.91 Å². The molecule has 0 aromatic heterocycles. The SMILES string of the molecule is CC(C)(CO)C(O)C(=O)NCCCO.CCCC(O)C(CC)CO. The number of hydrogen-bond donors (Lipinski definition) is 6. The summed E-state index contributed by atoms with van der Waals surface area (Å²) in [6.07, 6.45) is 1.57. The van der Waals surface area contributed by atoms with Gasteiger partial charge in [0.25, 0.3) is 0 Å². The highest BCUT2D eigenvalue weighted by molar-refractivity contribution is 5.81. The molecule has 1 amide bonds. The first kappa shape index (κ1) is 25.5. The van der Waals surface area contributed by atoms with E-state index >= 15 is 0 Å². The Balaban J connectivity index is 0. The zero-order valence-electron chi connectivity index (χ0n) is 15.5. The van der Waals surface area contributed by atoms with Crippen molar-refractivity contribution in [1.82, 2.24) is 5.32 Å². The molecule has 3 unspecified atom stereocenters. The lowest BCUT2D eigenvalue weighted by Gasteiger charge is -2.27. The van der Waals surface area contributed by atoms with Crippen LogP contribution in [-0.4, -0.2) is 70.0 Å². The third kappa shape index (κ3) is 10.9. The monoisotopic (exact) mass is 351 g/mol. The van der Waals surface area contributed by atoms with E-state index in [1.807, 2.05) is 13.8 Å². The molecule has 0 heterocycles. The van der Waals surface area contributed by atoms with Crippen LogP contribution in [0.5, 0.6) is 0 Å². The van der Waals surface area contributed by atoms with Crippen LogP contribution in [0.15, 0.2) is 0 Å². The topological polar surface area (TPSA) is 130 Å². The Morgan fingerprint density at radius 3 is 2.08 bits per heavy atom. The zero-order valence-corrected chi connectivity index (χ0v) is 15.5. The molecule has 0 radical (unpaired) electrons. The van der Waals surface area contributed by atoms with Gasteiger partial charge in [-0.25, -0.2) is 0 Å². The van der Waals surface area contributed by atoms with Gasteiger partial charge in [-0.1, -0.05) is 34.1 Å². The average Bonchev–Trinajstić information content (AvgIpc) is 2.56. The molecule has 0 bridgehead atoms. The first-order valence-corrected chi connectivity index (χ1v) is 8.68. The van der Waals surface area contributed by atoms with E-state index in [0.29, 0.717) is 13.0 Å². The minimum Gasteiger partial charge on any atom is -0.396 e. The number of carbonyl (C=O) groups excluding carboxylic acids is 1. The fourth-order valence-electron chi connectivity index (χ4n) is 1.88. The normalized spacial score (nSPS) is 15.0. The predicted molar refractivity (Wildman–Crippen MR) is 93.4 cm³/mol. The van der Waals surface area contributed by atoms with Crippen molar-refractivity contribution in [3.63, 3.8) is 0 Å². The molecule has 0 spiro atoms. The summed E-state index contributed by atoms with van der Waals surface area (Å²) in [4.78, 5) is 11.3. The zero-order chi connectivity index (χ0) is 19.2. The summed E-state index contributed by atoms with van der Waals surface area (Å²) >= 11 is 0. The molecule has 0 saturated heterocycles. The summed E-state index contributed by atoms with van der Waals surface area (Å²) in [5, 5.41) is 47.5. The van der Waals surface area contributed by atoms with E-state index in [9.17, 15) is 15.0 Å². The second-order valence-corrected chi connectivity index (χ2v) is 6.62. The lowest BCUT2D eigenvalue weighted by atomic mass is 9.87. The van der Waals surface area contributed by atoms with E-state index in [0.717, 1.165) is 19.3 Å². The molecule has 0 fully saturated rings. The second-order valence-electron chi connectivity index (χ2n) is 6.62. The lowest BCUT2D eigenvalue weighted by molar-refractivity contribution is -0.137. The maximum Gasteiger partial charge on any atom is 0.249 e. The van der Waals surface area contributed by atoms with Gasteiger partial charge in [0, 0.05) is 31.1 Å². The number of hydrogen-bond acceptors (Lipinski definition) is 6. The number of carbonyl (C=O) groups is 1. The largest absolute Gasteiger partial charge is 0.396 e. The van der Waals surface area contributed by atoms with Crippen LogP contribution >= 0.6 is 0 Å². The fourth-order valence-corrected chi connectivity index (χ4v) is 1.88. The first-order chi connectivity index (χ1) is 11.2. The standard InChI is InChI=1S/C9H19NO4.C8H18O2/c1-9(2,6-12)7(13)8(14)10-4-3-5-11;1-3-5-8(10)7(4-2)6-9/h7,11-13H,3-6H2,1-2H3,(H,10,14);7-10H,3-6H2,1-2H3. The minimum absolute atomic E-state index is 0.000230. The van der Waals surface area contributed by atoms with Gasteiger partial charge in [0.05, 0.1) is 12.7 Å². The van der Waals surface area contributed by atoms with Crippen LogP contribution in [0.2, 0.25) is 0 Å². The van der Waals surface area contributed by atoms with Crippen molar-refractivity contribution in [2.24, 2.45) is 11.3 Å². The summed E-state index contributed by atoms with van der Waals surface area (Å²) in [7, 11) is 0. The van der Waals surface area contributed by atoms with Crippen molar-refractivity contribution in [2.75, 3.05) is 26.4 Å². The van der Waals surface area contributed by atoms with E-state index in [2.05, 4.69) is 5.32 Å². The highest BCUT2D eigenvalue weighted by Gasteiger charge is 2.32. The third-order valence-electron chi connectivity index (χ3n) is 3.92. The Morgan fingerprint density at radius 2 is 1.71 bits per heavy atom. The van der Waals surface area contributed by atoms with Gasteiger partial charge in [0.15, 0.2) is 0 Å². The van der Waals surface area contributed by atoms with Gasteiger partial charge < -0.3 is 30.8 Å². The van der Waals surface area contributed by atoms with Crippen molar-refractivity contribution in [1.29, 1.82) is 0 Å². The van der Waals surface area contributed by atoms with Gasteiger partial charge in [-0.3, -0.25) is 4.79 Å². The molecule has 7 heteroatoms. The van der Waals surface area contributed by atoms with Crippen molar-refractivity contribution in [2.45, 2.75) is 65.6 Å². The van der Waals surface area contributed by atoms with Gasteiger partial charge in [0.1, 0.15) is 6.10 Å². The third-order valence-corrected chi connectivity index (χ3v) is 3.92. The molecule has 146 valence electrons. The van der Waals surface area contributed by atoms with Gasteiger partial charge in [-0.05, 0) is 19.3 Å². The first-order valence-electron chi connectivity index (χ1n) is 8.68. The summed E-state index contributed by atoms with van der Waals surface area (Å²) in [6, 6.07) is 0. The van der Waals surface area contributed by atoms with Gasteiger partial charge in [-0.15, -0.1) is 0 Å². The molecule has 0 saturated carbocycles. The van der Waals surface area contributed by atoms with E-state index in [1.165, 1.54) is 0 Å². The maximum absolute atomic E-state index is 11.3. The quantitative estimate of drug-likeness (QED) is 0.291. The van der Waals surface area contributed by atoms with Gasteiger partial charge >= 0.3 is 0 Å². The minimum atomic E-state index is -1.23. The number of rotatable bonds is 11. The van der Waals surface area contributed by atoms with Crippen molar-refractivity contribution in [3.05, 3.63) is 0 Å². The van der Waals surface area contributed by atoms with Gasteiger partial charge in [-0.2, -0.15) is 0 Å². The van der Waals surface area contributed by atoms with E-state index in [-0.39, 0.29) is 31.8 Å². The second kappa shape index (κ2) is 14.6. The van der Waals surface area contributed by atoms with Crippen LogP contribution < -0.4 is 5.32 Å². The van der Waals surface area contributed by atoms with Crippen LogP contribution in [-0.2, 0) is 4.79 Å². The molecule has 0 aromatic carbocycles. The fraction of sp³-hybridized carbons (Fsp3) is 0.941. The highest BCUT2D eigenvalue weighted by Crippen LogP contribution is 2.19. The molecule has 3 atom stereocenters. The van der Waals surface area contributed by atoms with E-state index < -0.39 is 17.4 Å². The average molecular weight is 351 g/mol. The molecule has 7 nitrogen and oxygen atoms in total. The summed E-state index contributed by atoms with van der Waals surface area (Å²) < 4.78 is 0. The van der Waals surface area contributed by atoms with Crippen LogP contribution in [0.25, 0.3) is 0 Å². The smallest absolute Gasteiger partial charge is 0.249 e. The summed E-state index contributed by atoms with van der Waals surface area (Å²) in [6.45, 7) is 7.40. The molecule has 24 heavy (non-hydrogen) atoms. The molecule has 0 aromatic rings. The number of aliphatic hydroxyl groups excluding tert-OH is 5. The van der Waals surface area contributed by atoms with Crippen LogP contribution in [0, 0.1) is 11.3 Å². The number of aliphatic hydroxyl groups is 5. The number of nitrogens with one attached hydrogen (secondary N) is 1. The molecule has 0 aliphatic rings. The van der Waals surface area contributed by atoms with Crippen molar-refractivity contribution < 1.29 is 30.3 Å². The molecule has 6 N–H and O–H groups in total. The summed E-state index contributed by atoms with van der Waals surface area (Å²) in [5.41, 5.74) is -0.844. The maximum atomic E-state index is 11.3. The molecule has 0 rings (SSSR count). The van der Waals surface area contributed by atoms with Crippen molar-refractivity contribution >= 4 is 5.91 Å². The Kier molecular flexibility index (Phi) is 15.5. The Hall–Kier alpha value is -0.730. The van der Waals surface area contributed by atoms with Crippen LogP contribution in [0.3, 0.4) is 0 Å². The Bertz CT molecular complexity index is 307. The highest BCUT2D eigenvalue weighted by atomic mass is 16.3. The lowest BCUT2D eigenvalue weighted by Crippen LogP contribution is -2.45. The molecular weight excluding hydrogens is 314 g/mol. The van der Waals surface area contributed by atoms with E-state index in [1.54, 1.807) is 13.8 Å². The molecule has 0 aliphatic heterocycles. The van der Waals surface area contributed by atoms with E-state index in [4.69, 9.17) is 15.3 Å². The molecular formula is C17H37NO6. The molecule has 0 aliphatic carbocycles. The summed E-state index contributed by atoms with van der Waals surface area (Å²) in [5.74, 6) is -0.433. The van der Waals surface area contributed by atoms with Crippen LogP contribution in [0.4, 0.5) is 0 Å². The Labute approximate surface area is 145 Å². The number of amides is 1. The predicted octanol–water partition coefficient (Wildman–Crippen LogP) is 0.0303.